The first kappa shape index (κ1) is 31.0. The molecule has 0 N–H and O–H groups in total. The molecule has 2 atom stereocenters. The van der Waals surface area contributed by atoms with Gasteiger partial charge in [0.05, 0.1) is 19.1 Å². The monoisotopic (exact) mass is 618 g/mol. The number of amidine groups is 1. The Kier molecular flexibility index (Phi) is 9.05. The molecule has 3 aromatic rings. The Bertz CT molecular complexity index is 1490. The first-order valence-corrected chi connectivity index (χ1v) is 15.5. The summed E-state index contributed by atoms with van der Waals surface area (Å²) in [5.41, 5.74) is 0.550. The number of carbonyl (C=O) groups is 2. The molecular weight excluding hydrogens is 581 g/mol. The van der Waals surface area contributed by atoms with Crippen molar-refractivity contribution in [1.29, 1.82) is 0 Å². The molecule has 3 heterocycles. The molecule has 0 saturated carbocycles. The molecule has 0 aromatic heterocycles. The second-order valence-corrected chi connectivity index (χ2v) is 12.0. The lowest BCUT2D eigenvalue weighted by atomic mass is 9.79. The molecule has 3 aliphatic heterocycles. The minimum Gasteiger partial charge on any atom is -0.378 e. The van der Waals surface area contributed by atoms with Crippen LogP contribution in [0.3, 0.4) is 0 Å². The van der Waals surface area contributed by atoms with Crippen molar-refractivity contribution in [2.24, 2.45) is 10.9 Å². The molecule has 3 aromatic carbocycles. The van der Waals surface area contributed by atoms with Crippen molar-refractivity contribution in [3.63, 3.8) is 0 Å². The summed E-state index contributed by atoms with van der Waals surface area (Å²) in [6.45, 7) is 6.34. The van der Waals surface area contributed by atoms with Gasteiger partial charge in [0.2, 0.25) is 5.91 Å². The largest absolute Gasteiger partial charge is 0.378 e. The zero-order valence-corrected chi connectivity index (χ0v) is 25.3. The molecular formula is C35H37F3N4O3. The quantitative estimate of drug-likeness (QED) is 0.358. The highest BCUT2D eigenvalue weighted by Crippen LogP contribution is 2.41. The summed E-state index contributed by atoms with van der Waals surface area (Å²) in [4.78, 5) is 38.5. The molecule has 10 heteroatoms. The molecule has 6 rings (SSSR count). The zero-order valence-electron chi connectivity index (χ0n) is 25.3. The molecule has 45 heavy (non-hydrogen) atoms. The molecule has 7 nitrogen and oxygen atoms in total. The second kappa shape index (κ2) is 13.1. The maximum absolute atomic E-state index is 14.2. The van der Waals surface area contributed by atoms with Crippen molar-refractivity contribution in [1.82, 2.24) is 14.7 Å². The predicted octanol–water partition coefficient (Wildman–Crippen LogP) is 4.96. The van der Waals surface area contributed by atoms with Gasteiger partial charge in [-0.1, -0.05) is 36.4 Å². The fraction of sp³-hybridized carbons (Fsp3) is 0.400. The maximum atomic E-state index is 14.2. The summed E-state index contributed by atoms with van der Waals surface area (Å²) < 4.78 is 46.8. The number of benzene rings is 3. The molecule has 2 fully saturated rings. The van der Waals surface area contributed by atoms with Gasteiger partial charge in [0, 0.05) is 26.2 Å². The van der Waals surface area contributed by atoms with E-state index in [4.69, 9.17) is 9.73 Å². The van der Waals surface area contributed by atoms with E-state index in [0.29, 0.717) is 69.3 Å². The van der Waals surface area contributed by atoms with Crippen LogP contribution in [0.1, 0.15) is 42.4 Å². The van der Waals surface area contributed by atoms with Gasteiger partial charge in [-0.3, -0.25) is 14.5 Å². The number of ether oxygens (including phenoxy) is 1. The van der Waals surface area contributed by atoms with Crippen LogP contribution in [0, 0.1) is 23.4 Å². The lowest BCUT2D eigenvalue weighted by Crippen LogP contribution is -2.51. The lowest BCUT2D eigenvalue weighted by Gasteiger charge is -2.41. The molecule has 2 saturated heterocycles. The van der Waals surface area contributed by atoms with E-state index in [0.717, 1.165) is 18.5 Å². The summed E-state index contributed by atoms with van der Waals surface area (Å²) in [6.07, 6.45) is 1.40. The number of amides is 2. The number of hydrogen-bond donors (Lipinski definition) is 0. The van der Waals surface area contributed by atoms with Crippen LogP contribution < -0.4 is 0 Å². The number of likely N-dealkylation sites (tertiary alicyclic amines) is 1. The van der Waals surface area contributed by atoms with Crippen LogP contribution in [0.4, 0.5) is 13.2 Å². The van der Waals surface area contributed by atoms with E-state index in [-0.39, 0.29) is 29.5 Å². The zero-order chi connectivity index (χ0) is 31.6. The van der Waals surface area contributed by atoms with Crippen molar-refractivity contribution in [2.75, 3.05) is 52.5 Å². The molecule has 0 aliphatic carbocycles. The van der Waals surface area contributed by atoms with Crippen LogP contribution in [0.15, 0.2) is 77.8 Å². The summed E-state index contributed by atoms with van der Waals surface area (Å²) in [5, 5.41) is 0. The van der Waals surface area contributed by atoms with Gasteiger partial charge in [-0.15, -0.1) is 0 Å². The first-order chi connectivity index (χ1) is 21.8. The molecule has 236 valence electrons. The first-order valence-electron chi connectivity index (χ1n) is 15.5. The van der Waals surface area contributed by atoms with Crippen LogP contribution in [-0.2, 0) is 19.9 Å². The van der Waals surface area contributed by atoms with E-state index in [2.05, 4.69) is 4.90 Å². The minimum atomic E-state index is -1.44. The molecule has 3 aliphatic rings. The van der Waals surface area contributed by atoms with E-state index in [9.17, 15) is 22.8 Å². The van der Waals surface area contributed by atoms with Crippen molar-refractivity contribution in [2.45, 2.75) is 31.2 Å². The number of carbonyl (C=O) groups excluding carboxylic acids is 2. The van der Waals surface area contributed by atoms with Gasteiger partial charge in [-0.2, -0.15) is 0 Å². The number of nitrogens with zero attached hydrogens (tertiary/aromatic N) is 4. The number of rotatable bonds is 8. The minimum absolute atomic E-state index is 0.0150. The third-order valence-corrected chi connectivity index (χ3v) is 9.29. The molecule has 0 radical (unpaired) electrons. The normalized spacial score (nSPS) is 22.0. The van der Waals surface area contributed by atoms with Gasteiger partial charge in [0.25, 0.3) is 5.91 Å². The van der Waals surface area contributed by atoms with Gasteiger partial charge >= 0.3 is 0 Å². The fourth-order valence-corrected chi connectivity index (χ4v) is 6.93. The van der Waals surface area contributed by atoms with Crippen LogP contribution in [0.5, 0.6) is 0 Å². The molecule has 2 unspecified atom stereocenters. The molecule has 0 bridgehead atoms. The highest BCUT2D eigenvalue weighted by atomic mass is 19.1. The van der Waals surface area contributed by atoms with Crippen molar-refractivity contribution < 1.29 is 27.5 Å². The van der Waals surface area contributed by atoms with Crippen LogP contribution >= 0.6 is 0 Å². The number of halogens is 3. The fourth-order valence-electron chi connectivity index (χ4n) is 6.93. The molecule has 2 amide bonds. The third kappa shape index (κ3) is 6.26. The van der Waals surface area contributed by atoms with Gasteiger partial charge in [0.1, 0.15) is 23.3 Å². The summed E-state index contributed by atoms with van der Waals surface area (Å²) in [6, 6.07) is 17.9. The average Bonchev–Trinajstić information content (AvgIpc) is 3.31. The van der Waals surface area contributed by atoms with Crippen LogP contribution in [0.25, 0.3) is 0 Å². The van der Waals surface area contributed by atoms with Crippen molar-refractivity contribution in [3.05, 3.63) is 107 Å². The third-order valence-electron chi connectivity index (χ3n) is 9.29. The van der Waals surface area contributed by atoms with E-state index >= 15 is 0 Å². The SMILES string of the molecule is CC1=NC(c2ccc(F)cc2)(c2ccc(F)cc2)C(=O)N1CCCN1CCC(c2ccc(F)cc2)C(C(=O)N2CCOCC2)C1. The summed E-state index contributed by atoms with van der Waals surface area (Å²) in [7, 11) is 0. The average molecular weight is 619 g/mol. The van der Waals surface area contributed by atoms with Crippen molar-refractivity contribution in [3.8, 4) is 0 Å². The topological polar surface area (TPSA) is 65.5 Å². The highest BCUT2D eigenvalue weighted by molar-refractivity contribution is 6.09. The van der Waals surface area contributed by atoms with Gasteiger partial charge in [-0.25, -0.2) is 18.2 Å². The van der Waals surface area contributed by atoms with Gasteiger partial charge in [0.15, 0.2) is 5.54 Å². The Labute approximate surface area is 261 Å². The Morgan fingerprint density at radius 2 is 1.40 bits per heavy atom. The van der Waals surface area contributed by atoms with Crippen molar-refractivity contribution >= 4 is 17.6 Å². The van der Waals surface area contributed by atoms with Gasteiger partial charge in [-0.05, 0) is 91.9 Å². The van der Waals surface area contributed by atoms with E-state index < -0.39 is 17.2 Å². The lowest BCUT2D eigenvalue weighted by molar-refractivity contribution is -0.142. The maximum Gasteiger partial charge on any atom is 0.265 e. The number of piperidine rings is 1. The highest BCUT2D eigenvalue weighted by Gasteiger charge is 2.50. The number of hydrogen-bond acceptors (Lipinski definition) is 5. The molecule has 0 spiro atoms. The van der Waals surface area contributed by atoms with Crippen LogP contribution in [-0.4, -0.2) is 84.8 Å². The Balaban J connectivity index is 1.16. The van der Waals surface area contributed by atoms with Gasteiger partial charge < -0.3 is 14.5 Å². The Hall–Kier alpha value is -4.02. The van der Waals surface area contributed by atoms with E-state index in [1.54, 1.807) is 48.2 Å². The summed E-state index contributed by atoms with van der Waals surface area (Å²) >= 11 is 0. The van der Waals surface area contributed by atoms with Crippen LogP contribution in [0.2, 0.25) is 0 Å². The standard InChI is InChI=1S/C35H37F3N4O3/c1-24-39-35(26-5-11-29(37)12-6-26,27-7-13-30(38)14-8-27)34(44)42(24)17-2-16-40-18-15-31(25-3-9-28(36)10-4-25)32(23-40)33(43)41-19-21-45-22-20-41/h3-14,31-32H,2,15-23H2,1H3. The second-order valence-electron chi connectivity index (χ2n) is 12.0. The Morgan fingerprint density at radius 1 is 0.844 bits per heavy atom. The van der Waals surface area contributed by atoms with E-state index in [1.165, 1.54) is 36.4 Å². The number of morpholine rings is 1. The number of aliphatic imine (C=N–C) groups is 1. The predicted molar refractivity (Wildman–Crippen MR) is 164 cm³/mol. The smallest absolute Gasteiger partial charge is 0.265 e. The Morgan fingerprint density at radius 3 is 1.98 bits per heavy atom. The van der Waals surface area contributed by atoms with E-state index in [1.807, 2.05) is 4.90 Å². The summed E-state index contributed by atoms with van der Waals surface area (Å²) in [5.74, 6) is -1.09.